The van der Waals surface area contributed by atoms with Crippen LogP contribution in [0, 0.1) is 5.82 Å². The van der Waals surface area contributed by atoms with Crippen LogP contribution in [0.5, 0.6) is 5.75 Å². The van der Waals surface area contributed by atoms with E-state index >= 15 is 0 Å². The highest BCUT2D eigenvalue weighted by Crippen LogP contribution is 2.26. The van der Waals surface area contributed by atoms with Crippen LogP contribution in [0.3, 0.4) is 0 Å². The number of aromatic hydroxyl groups is 1. The number of phenolic OH excluding ortho intramolecular Hbond substituents is 1. The van der Waals surface area contributed by atoms with E-state index in [0.717, 1.165) is 17.1 Å². The first-order valence-electron chi connectivity index (χ1n) is 7.96. The Bertz CT molecular complexity index is 1070. The molecule has 26 heavy (non-hydrogen) atoms. The maximum Gasteiger partial charge on any atom is 0.229 e. The quantitative estimate of drug-likeness (QED) is 0.469. The molecule has 0 atom stereocenters. The van der Waals surface area contributed by atoms with E-state index in [1.807, 2.05) is 18.2 Å². The number of nitrogens with one attached hydrogen (secondary N) is 2. The van der Waals surface area contributed by atoms with Gasteiger partial charge in [-0.05, 0) is 34.5 Å². The molecule has 4 aromatic rings. The summed E-state index contributed by atoms with van der Waals surface area (Å²) in [7, 11) is 0. The fourth-order valence-corrected chi connectivity index (χ4v) is 3.58. The van der Waals surface area contributed by atoms with Gasteiger partial charge in [0.05, 0.1) is 6.20 Å². The average Bonchev–Trinajstić information content (AvgIpc) is 3.05. The van der Waals surface area contributed by atoms with Crippen molar-refractivity contribution >= 4 is 38.9 Å². The van der Waals surface area contributed by atoms with Crippen LogP contribution in [-0.4, -0.2) is 15.1 Å². The summed E-state index contributed by atoms with van der Waals surface area (Å²) in [6.07, 6.45) is 1.12. The third-order valence-corrected chi connectivity index (χ3v) is 4.87. The van der Waals surface area contributed by atoms with E-state index < -0.39 is 5.82 Å². The molecule has 0 spiro atoms. The molecule has 0 aliphatic rings. The highest BCUT2D eigenvalue weighted by molar-refractivity contribution is 7.17. The molecule has 130 valence electrons. The van der Waals surface area contributed by atoms with E-state index in [-0.39, 0.29) is 17.5 Å². The minimum atomic E-state index is -0.522. The van der Waals surface area contributed by atoms with Gasteiger partial charge in [0.25, 0.3) is 0 Å². The highest BCUT2D eigenvalue weighted by Gasteiger charge is 2.09. The number of nitrogens with zero attached hydrogens (tertiary/aromatic N) is 2. The first-order valence-corrected chi connectivity index (χ1v) is 8.84. The first-order chi connectivity index (χ1) is 12.7. The largest absolute Gasteiger partial charge is 0.508 e. The molecule has 0 fully saturated rings. The lowest BCUT2D eigenvalue weighted by atomic mass is 10.2. The Kier molecular flexibility index (Phi) is 4.37. The zero-order valence-corrected chi connectivity index (χ0v) is 14.4. The van der Waals surface area contributed by atoms with Gasteiger partial charge in [0.1, 0.15) is 5.75 Å². The van der Waals surface area contributed by atoms with Crippen molar-refractivity contribution < 1.29 is 9.50 Å². The van der Waals surface area contributed by atoms with Crippen molar-refractivity contribution in [3.8, 4) is 5.75 Å². The van der Waals surface area contributed by atoms with Gasteiger partial charge in [-0.1, -0.05) is 24.3 Å². The van der Waals surface area contributed by atoms with E-state index in [1.54, 1.807) is 29.5 Å². The molecule has 0 saturated heterocycles. The minimum Gasteiger partial charge on any atom is -0.508 e. The highest BCUT2D eigenvalue weighted by atomic mass is 32.1. The molecule has 0 bridgehead atoms. The predicted molar refractivity (Wildman–Crippen MR) is 103 cm³/mol. The van der Waals surface area contributed by atoms with Crippen LogP contribution >= 0.6 is 11.3 Å². The van der Waals surface area contributed by atoms with Crippen LogP contribution in [0.1, 0.15) is 5.56 Å². The molecule has 0 aliphatic carbocycles. The summed E-state index contributed by atoms with van der Waals surface area (Å²) in [4.78, 5) is 8.13. The van der Waals surface area contributed by atoms with Crippen LogP contribution < -0.4 is 10.6 Å². The zero-order chi connectivity index (χ0) is 17.9. The normalized spacial score (nSPS) is 10.8. The van der Waals surface area contributed by atoms with Crippen molar-refractivity contribution in [1.29, 1.82) is 0 Å². The standard InChI is InChI=1S/C19H15FN4OS/c20-16-10-22-19(23-13-4-3-5-14(25)8-13)24-18(16)21-9-12-11-26-17-7-2-1-6-15(12)17/h1-8,10-11,25H,9H2,(H2,21,22,23,24). The van der Waals surface area contributed by atoms with Crippen molar-refractivity contribution in [1.82, 2.24) is 9.97 Å². The average molecular weight is 366 g/mol. The molecule has 0 aliphatic heterocycles. The number of phenols is 1. The number of hydrogen-bond donors (Lipinski definition) is 3. The topological polar surface area (TPSA) is 70.1 Å². The van der Waals surface area contributed by atoms with Gasteiger partial charge in [-0.2, -0.15) is 4.98 Å². The van der Waals surface area contributed by atoms with Crippen molar-refractivity contribution in [2.24, 2.45) is 0 Å². The summed E-state index contributed by atoms with van der Waals surface area (Å²) in [6.45, 7) is 0.462. The van der Waals surface area contributed by atoms with E-state index in [2.05, 4.69) is 32.0 Å². The number of benzene rings is 2. The van der Waals surface area contributed by atoms with Crippen molar-refractivity contribution in [2.75, 3.05) is 10.6 Å². The van der Waals surface area contributed by atoms with Gasteiger partial charge in [-0.15, -0.1) is 11.3 Å². The zero-order valence-electron chi connectivity index (χ0n) is 13.6. The smallest absolute Gasteiger partial charge is 0.229 e. The lowest BCUT2D eigenvalue weighted by Crippen LogP contribution is -2.06. The van der Waals surface area contributed by atoms with Gasteiger partial charge < -0.3 is 15.7 Å². The Hall–Kier alpha value is -3.19. The van der Waals surface area contributed by atoms with Crippen molar-refractivity contribution in [2.45, 2.75) is 6.54 Å². The Morgan fingerprint density at radius 2 is 2.00 bits per heavy atom. The van der Waals surface area contributed by atoms with Crippen molar-refractivity contribution in [3.05, 3.63) is 71.5 Å². The van der Waals surface area contributed by atoms with Gasteiger partial charge in [-0.25, -0.2) is 9.37 Å². The molecule has 3 N–H and O–H groups in total. The summed E-state index contributed by atoms with van der Waals surface area (Å²) in [6, 6.07) is 14.7. The number of halogens is 1. The van der Waals surface area contributed by atoms with E-state index in [1.165, 1.54) is 10.8 Å². The van der Waals surface area contributed by atoms with E-state index in [0.29, 0.717) is 12.2 Å². The molecule has 7 heteroatoms. The third-order valence-electron chi connectivity index (χ3n) is 3.85. The lowest BCUT2D eigenvalue weighted by Gasteiger charge is -2.09. The van der Waals surface area contributed by atoms with Gasteiger partial charge in [0, 0.05) is 23.0 Å². The fraction of sp³-hybridized carbons (Fsp3) is 0.0526. The summed E-state index contributed by atoms with van der Waals surface area (Å²) in [5.74, 6) is -0.0293. The number of fused-ring (bicyclic) bond motifs is 1. The number of aromatic nitrogens is 2. The molecule has 0 amide bonds. The fourth-order valence-electron chi connectivity index (χ4n) is 2.61. The molecule has 2 aromatic heterocycles. The van der Waals surface area contributed by atoms with Gasteiger partial charge in [0.15, 0.2) is 11.6 Å². The molecule has 0 unspecified atom stereocenters. The predicted octanol–water partition coefficient (Wildman–Crippen LogP) is 4.89. The molecule has 4 rings (SSSR count). The Balaban J connectivity index is 1.53. The van der Waals surface area contributed by atoms with Crippen LogP contribution in [0.4, 0.5) is 21.8 Å². The van der Waals surface area contributed by atoms with Gasteiger partial charge >= 0.3 is 0 Å². The number of thiophene rings is 1. The van der Waals surface area contributed by atoms with E-state index in [4.69, 9.17) is 0 Å². The van der Waals surface area contributed by atoms with Gasteiger partial charge in [0.2, 0.25) is 5.95 Å². The Labute approximate surface area is 153 Å². The molecular formula is C19H15FN4OS. The molecule has 0 saturated carbocycles. The first kappa shape index (κ1) is 16.3. The van der Waals surface area contributed by atoms with Crippen LogP contribution in [-0.2, 0) is 6.54 Å². The molecule has 0 radical (unpaired) electrons. The summed E-state index contributed by atoms with van der Waals surface area (Å²) >= 11 is 1.66. The second-order valence-electron chi connectivity index (χ2n) is 5.68. The van der Waals surface area contributed by atoms with Crippen LogP contribution in [0.25, 0.3) is 10.1 Å². The SMILES string of the molecule is Oc1cccc(Nc2ncc(F)c(NCc3csc4ccccc34)n2)c1. The minimum absolute atomic E-state index is 0.123. The lowest BCUT2D eigenvalue weighted by molar-refractivity contribution is 0.475. The van der Waals surface area contributed by atoms with Crippen molar-refractivity contribution in [3.63, 3.8) is 0 Å². The van der Waals surface area contributed by atoms with E-state index in [9.17, 15) is 9.50 Å². The van der Waals surface area contributed by atoms with Crippen LogP contribution in [0.2, 0.25) is 0 Å². The van der Waals surface area contributed by atoms with Gasteiger partial charge in [-0.3, -0.25) is 0 Å². The molecular weight excluding hydrogens is 351 g/mol. The Morgan fingerprint density at radius 1 is 1.12 bits per heavy atom. The number of anilines is 3. The Morgan fingerprint density at radius 3 is 2.88 bits per heavy atom. The number of hydrogen-bond acceptors (Lipinski definition) is 6. The number of rotatable bonds is 5. The molecule has 5 nitrogen and oxygen atoms in total. The van der Waals surface area contributed by atoms with Crippen LogP contribution in [0.15, 0.2) is 60.1 Å². The second kappa shape index (κ2) is 6.97. The second-order valence-corrected chi connectivity index (χ2v) is 6.59. The third kappa shape index (κ3) is 3.43. The summed E-state index contributed by atoms with van der Waals surface area (Å²) in [5.41, 5.74) is 1.71. The summed E-state index contributed by atoms with van der Waals surface area (Å²) < 4.78 is 15.3. The maximum atomic E-state index is 14.1. The summed E-state index contributed by atoms with van der Waals surface area (Å²) in [5, 5.41) is 18.7. The monoisotopic (exact) mass is 366 g/mol. The maximum absolute atomic E-state index is 14.1. The molecule has 2 aromatic carbocycles. The molecule has 2 heterocycles.